The van der Waals surface area contributed by atoms with Gasteiger partial charge in [-0.15, -0.1) is 0 Å². The SMILES string of the molecule is O=C(Cn1nc(C(F)(F)F)cc1C1CC1)Nc1ccc(S(=O)(=O)N2CCCCCC2)cc1. The molecule has 4 rings (SSSR count). The molecular formula is C21H25F3N4O3S. The standard InChI is InChI=1S/C21H25F3N4O3S/c22-21(23,24)19-13-18(15-5-6-15)28(26-19)14-20(29)25-16-7-9-17(10-8-16)32(30,31)27-11-3-1-2-4-12-27/h7-10,13,15H,1-6,11-12,14H2,(H,25,29). The largest absolute Gasteiger partial charge is 0.435 e. The number of anilines is 1. The van der Waals surface area contributed by atoms with Gasteiger partial charge in [-0.25, -0.2) is 8.42 Å². The minimum Gasteiger partial charge on any atom is -0.324 e. The fourth-order valence-corrected chi connectivity index (χ4v) is 5.40. The lowest BCUT2D eigenvalue weighted by Crippen LogP contribution is -2.31. The first-order valence-electron chi connectivity index (χ1n) is 10.7. The first-order valence-corrected chi connectivity index (χ1v) is 12.1. The molecule has 0 atom stereocenters. The van der Waals surface area contributed by atoms with E-state index in [1.165, 1.54) is 28.6 Å². The van der Waals surface area contributed by atoms with E-state index >= 15 is 0 Å². The number of halogens is 3. The lowest BCUT2D eigenvalue weighted by atomic mass is 10.2. The summed E-state index contributed by atoms with van der Waals surface area (Å²) in [6.45, 7) is 0.637. The Labute approximate surface area is 184 Å². The third-order valence-electron chi connectivity index (χ3n) is 5.73. The number of carbonyl (C=O) groups is 1. The average molecular weight is 471 g/mol. The lowest BCUT2D eigenvalue weighted by molar-refractivity contribution is -0.141. The van der Waals surface area contributed by atoms with Crippen LogP contribution in [0.15, 0.2) is 35.2 Å². The van der Waals surface area contributed by atoms with Crippen molar-refractivity contribution in [3.05, 3.63) is 41.7 Å². The van der Waals surface area contributed by atoms with Gasteiger partial charge in [0.2, 0.25) is 15.9 Å². The molecule has 32 heavy (non-hydrogen) atoms. The van der Waals surface area contributed by atoms with Crippen LogP contribution in [0.3, 0.4) is 0 Å². The highest BCUT2D eigenvalue weighted by atomic mass is 32.2. The van der Waals surface area contributed by atoms with Crippen LogP contribution in [0.25, 0.3) is 0 Å². The summed E-state index contributed by atoms with van der Waals surface area (Å²) in [6.07, 6.45) is 0.676. The van der Waals surface area contributed by atoms with Crippen LogP contribution in [0.2, 0.25) is 0 Å². The summed E-state index contributed by atoms with van der Waals surface area (Å²) in [7, 11) is -3.60. The number of rotatable bonds is 6. The summed E-state index contributed by atoms with van der Waals surface area (Å²) in [4.78, 5) is 12.6. The highest BCUT2D eigenvalue weighted by Crippen LogP contribution is 2.42. The smallest absolute Gasteiger partial charge is 0.324 e. The molecule has 2 fully saturated rings. The fourth-order valence-electron chi connectivity index (χ4n) is 3.88. The quantitative estimate of drug-likeness (QED) is 0.692. The highest BCUT2D eigenvalue weighted by Gasteiger charge is 2.38. The topological polar surface area (TPSA) is 84.3 Å². The Bertz CT molecular complexity index is 1070. The molecule has 1 aromatic carbocycles. The first kappa shape index (κ1) is 22.8. The van der Waals surface area contributed by atoms with Gasteiger partial charge in [0.15, 0.2) is 5.69 Å². The number of nitrogens with one attached hydrogen (secondary N) is 1. The monoisotopic (exact) mass is 470 g/mol. The first-order chi connectivity index (χ1) is 15.1. The van der Waals surface area contributed by atoms with E-state index in [0.717, 1.165) is 49.3 Å². The molecule has 0 radical (unpaired) electrons. The van der Waals surface area contributed by atoms with Gasteiger partial charge in [-0.05, 0) is 56.0 Å². The van der Waals surface area contributed by atoms with E-state index in [0.29, 0.717) is 24.5 Å². The van der Waals surface area contributed by atoms with E-state index in [4.69, 9.17) is 0 Å². The Morgan fingerprint density at radius 3 is 2.25 bits per heavy atom. The maximum atomic E-state index is 13.0. The molecule has 2 heterocycles. The number of benzene rings is 1. The summed E-state index contributed by atoms with van der Waals surface area (Å²) in [5, 5.41) is 6.18. The number of alkyl halides is 3. The second-order valence-corrected chi connectivity index (χ2v) is 10.2. The van der Waals surface area contributed by atoms with Crippen molar-refractivity contribution in [1.29, 1.82) is 0 Å². The average Bonchev–Trinajstić information content (AvgIpc) is 3.52. The molecule has 2 aliphatic rings. The zero-order valence-corrected chi connectivity index (χ0v) is 18.3. The minimum atomic E-state index is -4.57. The van der Waals surface area contributed by atoms with Crippen LogP contribution in [0.5, 0.6) is 0 Å². The van der Waals surface area contributed by atoms with Gasteiger partial charge in [0.1, 0.15) is 6.54 Å². The number of sulfonamides is 1. The lowest BCUT2D eigenvalue weighted by Gasteiger charge is -2.20. The molecule has 1 amide bonds. The van der Waals surface area contributed by atoms with Gasteiger partial charge in [-0.2, -0.15) is 22.6 Å². The van der Waals surface area contributed by atoms with Gasteiger partial charge in [0.05, 0.1) is 4.90 Å². The fraction of sp³-hybridized carbons (Fsp3) is 0.524. The van der Waals surface area contributed by atoms with Gasteiger partial charge >= 0.3 is 6.18 Å². The summed E-state index contributed by atoms with van der Waals surface area (Å²) < 4.78 is 67.3. The minimum absolute atomic E-state index is 0.00474. The molecule has 1 saturated carbocycles. The molecule has 0 bridgehead atoms. The van der Waals surface area contributed by atoms with Gasteiger partial charge in [-0.1, -0.05) is 12.8 Å². The summed E-state index contributed by atoms with van der Waals surface area (Å²) in [5.41, 5.74) is -0.234. The van der Waals surface area contributed by atoms with Crippen LogP contribution in [0.1, 0.15) is 55.8 Å². The van der Waals surface area contributed by atoms with Crippen molar-refractivity contribution in [2.75, 3.05) is 18.4 Å². The van der Waals surface area contributed by atoms with Gasteiger partial charge < -0.3 is 5.32 Å². The maximum absolute atomic E-state index is 13.0. The zero-order chi connectivity index (χ0) is 22.9. The Kier molecular flexibility index (Phi) is 6.30. The number of hydrogen-bond donors (Lipinski definition) is 1. The van der Waals surface area contributed by atoms with Crippen LogP contribution >= 0.6 is 0 Å². The molecule has 2 aromatic rings. The summed E-state index contributed by atoms with van der Waals surface area (Å²) in [5.74, 6) is -0.540. The number of nitrogens with zero attached hydrogens (tertiary/aromatic N) is 3. The normalized spacial score (nSPS) is 18.3. The number of hydrogen-bond acceptors (Lipinski definition) is 4. The molecule has 1 aliphatic heterocycles. The van der Waals surface area contributed by atoms with E-state index in [9.17, 15) is 26.4 Å². The Morgan fingerprint density at radius 2 is 1.69 bits per heavy atom. The Hall–Kier alpha value is -2.40. The van der Waals surface area contributed by atoms with Gasteiger partial charge in [-0.3, -0.25) is 9.48 Å². The van der Waals surface area contributed by atoms with Crippen molar-refractivity contribution >= 4 is 21.6 Å². The van der Waals surface area contributed by atoms with Crippen LogP contribution in [0, 0.1) is 0 Å². The molecule has 174 valence electrons. The van der Waals surface area contributed by atoms with Gasteiger partial charge in [0.25, 0.3) is 0 Å². The Balaban J connectivity index is 1.43. The molecule has 1 saturated heterocycles. The van der Waals surface area contributed by atoms with Crippen molar-refractivity contribution in [3.8, 4) is 0 Å². The molecule has 7 nitrogen and oxygen atoms in total. The molecule has 1 aromatic heterocycles. The van der Waals surface area contributed by atoms with E-state index in [1.807, 2.05) is 0 Å². The third kappa shape index (κ3) is 5.15. The molecule has 1 N–H and O–H groups in total. The summed E-state index contributed by atoms with van der Waals surface area (Å²) >= 11 is 0. The van der Waals surface area contributed by atoms with Crippen molar-refractivity contribution in [2.45, 2.75) is 62.1 Å². The number of amides is 1. The number of carbonyl (C=O) groups excluding carboxylic acids is 1. The van der Waals surface area contributed by atoms with E-state index in [2.05, 4.69) is 10.4 Å². The second-order valence-electron chi connectivity index (χ2n) is 8.27. The highest BCUT2D eigenvalue weighted by molar-refractivity contribution is 7.89. The molecule has 0 unspecified atom stereocenters. The molecule has 1 aliphatic carbocycles. The number of aromatic nitrogens is 2. The van der Waals surface area contributed by atoms with Crippen LogP contribution < -0.4 is 5.32 Å². The van der Waals surface area contributed by atoms with E-state index in [-0.39, 0.29) is 17.4 Å². The third-order valence-corrected chi connectivity index (χ3v) is 7.64. The van der Waals surface area contributed by atoms with Crippen molar-refractivity contribution in [1.82, 2.24) is 14.1 Å². The van der Waals surface area contributed by atoms with Crippen LogP contribution in [0.4, 0.5) is 18.9 Å². The predicted molar refractivity (Wildman–Crippen MR) is 112 cm³/mol. The Morgan fingerprint density at radius 1 is 1.06 bits per heavy atom. The zero-order valence-electron chi connectivity index (χ0n) is 17.4. The van der Waals surface area contributed by atoms with E-state index < -0.39 is 27.8 Å². The predicted octanol–water partition coefficient (Wildman–Crippen LogP) is 3.98. The maximum Gasteiger partial charge on any atom is 0.435 e. The van der Waals surface area contributed by atoms with Gasteiger partial charge in [0, 0.05) is 30.4 Å². The molecule has 11 heteroatoms. The summed E-state index contributed by atoms with van der Waals surface area (Å²) in [6, 6.07) is 6.83. The molecule has 0 spiro atoms. The van der Waals surface area contributed by atoms with Crippen molar-refractivity contribution < 1.29 is 26.4 Å². The van der Waals surface area contributed by atoms with Crippen molar-refractivity contribution in [2.24, 2.45) is 0 Å². The van der Waals surface area contributed by atoms with Crippen molar-refractivity contribution in [3.63, 3.8) is 0 Å². The molecular weight excluding hydrogens is 445 g/mol. The van der Waals surface area contributed by atoms with Crippen LogP contribution in [-0.2, 0) is 27.5 Å². The van der Waals surface area contributed by atoms with Crippen LogP contribution in [-0.4, -0.2) is 41.5 Å². The van der Waals surface area contributed by atoms with E-state index in [1.54, 1.807) is 0 Å². The second kappa shape index (κ2) is 8.86.